The van der Waals surface area contributed by atoms with Crippen molar-refractivity contribution in [2.75, 3.05) is 6.61 Å². The summed E-state index contributed by atoms with van der Waals surface area (Å²) in [7, 11) is 0. The Morgan fingerprint density at radius 2 is 1.91 bits per heavy atom. The van der Waals surface area contributed by atoms with E-state index in [1.54, 1.807) is 0 Å². The average molecular weight is 362 g/mol. The summed E-state index contributed by atoms with van der Waals surface area (Å²) in [5.74, 6) is 0.562. The predicted molar refractivity (Wildman–Crippen MR) is 93.0 cm³/mol. The summed E-state index contributed by atoms with van der Waals surface area (Å²) in [6.45, 7) is 4.03. The first-order valence-electron chi connectivity index (χ1n) is 7.37. The topological polar surface area (TPSA) is 38.3 Å². The molecule has 3 nitrogen and oxygen atoms in total. The summed E-state index contributed by atoms with van der Waals surface area (Å²) >= 11 is 3.50. The van der Waals surface area contributed by atoms with Gasteiger partial charge >= 0.3 is 0 Å². The van der Waals surface area contributed by atoms with Crippen LogP contribution in [0.15, 0.2) is 53.0 Å². The number of ether oxygens (including phenoxy) is 1. The minimum absolute atomic E-state index is 0.0215. The lowest BCUT2D eigenvalue weighted by molar-refractivity contribution is -0.123. The normalized spacial score (nSPS) is 11.8. The molecule has 0 bridgehead atoms. The van der Waals surface area contributed by atoms with Crippen molar-refractivity contribution in [1.82, 2.24) is 5.32 Å². The van der Waals surface area contributed by atoms with E-state index in [9.17, 15) is 4.79 Å². The van der Waals surface area contributed by atoms with Crippen LogP contribution in [-0.4, -0.2) is 18.6 Å². The van der Waals surface area contributed by atoms with Crippen molar-refractivity contribution in [3.8, 4) is 16.9 Å². The van der Waals surface area contributed by atoms with Crippen molar-refractivity contribution in [2.45, 2.75) is 26.3 Å². The molecular formula is C18H20BrNO2. The highest BCUT2D eigenvalue weighted by Gasteiger charge is 2.09. The number of amides is 1. The van der Waals surface area contributed by atoms with Crippen LogP contribution in [-0.2, 0) is 4.79 Å². The fourth-order valence-electron chi connectivity index (χ4n) is 1.99. The monoisotopic (exact) mass is 361 g/mol. The Kier molecular flexibility index (Phi) is 6.01. The third kappa shape index (κ3) is 4.60. The van der Waals surface area contributed by atoms with Crippen LogP contribution in [0.5, 0.6) is 5.75 Å². The van der Waals surface area contributed by atoms with Gasteiger partial charge in [0.05, 0.1) is 4.47 Å². The summed E-state index contributed by atoms with van der Waals surface area (Å²) in [5.41, 5.74) is 2.24. The van der Waals surface area contributed by atoms with Gasteiger partial charge in [0.1, 0.15) is 5.75 Å². The van der Waals surface area contributed by atoms with Gasteiger partial charge < -0.3 is 10.1 Å². The summed E-state index contributed by atoms with van der Waals surface area (Å²) < 4.78 is 6.41. The molecule has 1 N–H and O–H groups in total. The van der Waals surface area contributed by atoms with Gasteiger partial charge in [-0.1, -0.05) is 43.3 Å². The molecule has 0 aliphatic heterocycles. The second-order valence-electron chi connectivity index (χ2n) is 5.18. The molecule has 0 spiro atoms. The van der Waals surface area contributed by atoms with E-state index in [1.165, 1.54) is 0 Å². The van der Waals surface area contributed by atoms with E-state index in [-0.39, 0.29) is 18.6 Å². The van der Waals surface area contributed by atoms with E-state index in [4.69, 9.17) is 4.74 Å². The average Bonchev–Trinajstić information content (AvgIpc) is 2.54. The Hall–Kier alpha value is -1.81. The molecule has 0 saturated carbocycles. The summed E-state index contributed by atoms with van der Waals surface area (Å²) in [6, 6.07) is 16.2. The minimum atomic E-state index is -0.103. The molecule has 0 saturated heterocycles. The van der Waals surface area contributed by atoms with Crippen LogP contribution in [0.2, 0.25) is 0 Å². The molecule has 0 aliphatic rings. The Morgan fingerprint density at radius 3 is 2.55 bits per heavy atom. The lowest BCUT2D eigenvalue weighted by Gasteiger charge is -2.13. The number of benzene rings is 2. The number of hydrogen-bond acceptors (Lipinski definition) is 2. The highest BCUT2D eigenvalue weighted by Crippen LogP contribution is 2.30. The molecule has 0 fully saturated rings. The molecule has 22 heavy (non-hydrogen) atoms. The number of nitrogens with one attached hydrogen (secondary N) is 1. The van der Waals surface area contributed by atoms with Gasteiger partial charge in [0, 0.05) is 6.04 Å². The number of halogens is 1. The van der Waals surface area contributed by atoms with Crippen molar-refractivity contribution in [1.29, 1.82) is 0 Å². The summed E-state index contributed by atoms with van der Waals surface area (Å²) in [4.78, 5) is 11.7. The molecule has 116 valence electrons. The maximum absolute atomic E-state index is 11.7. The van der Waals surface area contributed by atoms with Crippen LogP contribution in [0.4, 0.5) is 0 Å². The van der Waals surface area contributed by atoms with Gasteiger partial charge in [-0.25, -0.2) is 0 Å². The smallest absolute Gasteiger partial charge is 0.258 e. The van der Waals surface area contributed by atoms with Gasteiger partial charge in [-0.2, -0.15) is 0 Å². The standard InChI is InChI=1S/C18H20BrNO2/c1-3-13(2)20-18(21)12-22-17-10-9-15(11-16(17)19)14-7-5-4-6-8-14/h4-11,13H,3,12H2,1-2H3,(H,20,21). The maximum atomic E-state index is 11.7. The number of rotatable bonds is 6. The first kappa shape index (κ1) is 16.6. The van der Waals surface area contributed by atoms with E-state index < -0.39 is 0 Å². The molecule has 0 heterocycles. The van der Waals surface area contributed by atoms with E-state index >= 15 is 0 Å². The molecule has 2 aromatic carbocycles. The lowest BCUT2D eigenvalue weighted by Crippen LogP contribution is -2.35. The van der Waals surface area contributed by atoms with Crippen LogP contribution in [0.25, 0.3) is 11.1 Å². The second kappa shape index (κ2) is 7.99. The van der Waals surface area contributed by atoms with Crippen LogP contribution in [0, 0.1) is 0 Å². The number of carbonyl (C=O) groups excluding carboxylic acids is 1. The lowest BCUT2D eigenvalue weighted by atomic mass is 10.1. The summed E-state index contributed by atoms with van der Waals surface area (Å²) in [6.07, 6.45) is 0.904. The van der Waals surface area contributed by atoms with Crippen molar-refractivity contribution < 1.29 is 9.53 Å². The minimum Gasteiger partial charge on any atom is -0.483 e. The Bertz CT molecular complexity index is 628. The molecule has 4 heteroatoms. The zero-order valence-electron chi connectivity index (χ0n) is 12.8. The van der Waals surface area contributed by atoms with Crippen LogP contribution in [0.3, 0.4) is 0 Å². The van der Waals surface area contributed by atoms with Crippen molar-refractivity contribution >= 4 is 21.8 Å². The molecule has 1 amide bonds. The Morgan fingerprint density at radius 1 is 1.18 bits per heavy atom. The van der Waals surface area contributed by atoms with Crippen LogP contribution in [0.1, 0.15) is 20.3 Å². The highest BCUT2D eigenvalue weighted by atomic mass is 79.9. The van der Waals surface area contributed by atoms with Gasteiger partial charge in [-0.05, 0) is 52.5 Å². The van der Waals surface area contributed by atoms with Gasteiger partial charge in [-0.3, -0.25) is 4.79 Å². The van der Waals surface area contributed by atoms with Crippen molar-refractivity contribution in [2.24, 2.45) is 0 Å². The van der Waals surface area contributed by atoms with Crippen molar-refractivity contribution in [3.05, 3.63) is 53.0 Å². The van der Waals surface area contributed by atoms with Crippen LogP contribution < -0.4 is 10.1 Å². The maximum Gasteiger partial charge on any atom is 0.258 e. The Labute approximate surface area is 139 Å². The first-order valence-corrected chi connectivity index (χ1v) is 8.16. The van der Waals surface area contributed by atoms with E-state index in [0.717, 1.165) is 22.0 Å². The van der Waals surface area contributed by atoms with Gasteiger partial charge in [-0.15, -0.1) is 0 Å². The number of hydrogen-bond donors (Lipinski definition) is 1. The fraction of sp³-hybridized carbons (Fsp3) is 0.278. The second-order valence-corrected chi connectivity index (χ2v) is 6.03. The quantitative estimate of drug-likeness (QED) is 0.827. The van der Waals surface area contributed by atoms with Gasteiger partial charge in [0.15, 0.2) is 6.61 Å². The third-order valence-corrected chi connectivity index (χ3v) is 4.04. The molecule has 1 unspecified atom stereocenters. The third-order valence-electron chi connectivity index (χ3n) is 3.42. The molecule has 2 aromatic rings. The molecule has 1 atom stereocenters. The van der Waals surface area contributed by atoms with Gasteiger partial charge in [0.25, 0.3) is 5.91 Å². The van der Waals surface area contributed by atoms with E-state index in [1.807, 2.05) is 50.2 Å². The SMILES string of the molecule is CCC(C)NC(=O)COc1ccc(-c2ccccc2)cc1Br. The zero-order valence-corrected chi connectivity index (χ0v) is 14.4. The Balaban J connectivity index is 2.00. The fourth-order valence-corrected chi connectivity index (χ4v) is 2.48. The predicted octanol–water partition coefficient (Wildman–Crippen LogP) is 4.41. The molecule has 0 aliphatic carbocycles. The molecule has 0 aromatic heterocycles. The van der Waals surface area contributed by atoms with Crippen molar-refractivity contribution in [3.63, 3.8) is 0 Å². The number of carbonyl (C=O) groups is 1. The molecular weight excluding hydrogens is 342 g/mol. The van der Waals surface area contributed by atoms with E-state index in [0.29, 0.717) is 5.75 Å². The zero-order chi connectivity index (χ0) is 15.9. The highest BCUT2D eigenvalue weighted by molar-refractivity contribution is 9.10. The summed E-state index contributed by atoms with van der Waals surface area (Å²) in [5, 5.41) is 2.88. The van der Waals surface area contributed by atoms with Crippen LogP contribution >= 0.6 is 15.9 Å². The largest absolute Gasteiger partial charge is 0.483 e. The van der Waals surface area contributed by atoms with Gasteiger partial charge in [0.2, 0.25) is 0 Å². The first-order chi connectivity index (χ1) is 10.6. The molecule has 2 rings (SSSR count). The van der Waals surface area contributed by atoms with E-state index in [2.05, 4.69) is 33.4 Å². The molecule has 0 radical (unpaired) electrons.